The van der Waals surface area contributed by atoms with Gasteiger partial charge in [0, 0.05) is 43.1 Å². The summed E-state index contributed by atoms with van der Waals surface area (Å²) in [5, 5.41) is 15.4. The van der Waals surface area contributed by atoms with Crippen LogP contribution < -0.4 is 20.3 Å². The van der Waals surface area contributed by atoms with E-state index < -0.39 is 34.5 Å². The molecule has 0 saturated carbocycles. The number of hydrogen-bond donors (Lipinski definition) is 4. The number of aliphatic carboxylic acids is 1. The first kappa shape index (κ1) is 26.1. The molecule has 0 spiro atoms. The average molecular weight is 524 g/mol. The smallest absolute Gasteiger partial charge is 0.323 e. The Morgan fingerprint density at radius 2 is 1.76 bits per heavy atom. The first-order valence-corrected chi connectivity index (χ1v) is 13.4. The Morgan fingerprint density at radius 1 is 1.03 bits per heavy atom. The molecule has 2 heterocycles. The molecule has 1 fully saturated rings. The van der Waals surface area contributed by atoms with Gasteiger partial charge in [0.15, 0.2) is 0 Å². The minimum atomic E-state index is -4.06. The summed E-state index contributed by atoms with van der Waals surface area (Å²) in [5.74, 6) is -1.05. The zero-order valence-electron chi connectivity index (χ0n) is 20.1. The molecule has 10 nitrogen and oxygen atoms in total. The number of pyridine rings is 1. The fraction of sp³-hybridized carbons (Fsp3) is 0.269. The number of nitrogens with one attached hydrogen (secondary N) is 3. The molecule has 0 bridgehead atoms. The number of anilines is 2. The van der Waals surface area contributed by atoms with Crippen molar-refractivity contribution in [1.82, 2.24) is 15.0 Å². The zero-order valence-corrected chi connectivity index (χ0v) is 20.9. The van der Waals surface area contributed by atoms with E-state index in [4.69, 9.17) is 0 Å². The molecule has 1 saturated heterocycles. The molecular formula is C26H29N5O5S. The highest BCUT2D eigenvalue weighted by molar-refractivity contribution is 7.89. The van der Waals surface area contributed by atoms with Crippen molar-refractivity contribution in [2.75, 3.05) is 29.9 Å². The number of hydrogen-bond acceptors (Lipinski definition) is 7. The van der Waals surface area contributed by atoms with Gasteiger partial charge in [0.2, 0.25) is 10.0 Å². The Kier molecular flexibility index (Phi) is 8.36. The van der Waals surface area contributed by atoms with Gasteiger partial charge in [-0.3, -0.25) is 9.59 Å². The van der Waals surface area contributed by atoms with E-state index in [-0.39, 0.29) is 10.9 Å². The van der Waals surface area contributed by atoms with Crippen LogP contribution in [0.15, 0.2) is 83.9 Å². The summed E-state index contributed by atoms with van der Waals surface area (Å²) in [7, 11) is -4.06. The van der Waals surface area contributed by atoms with Crippen molar-refractivity contribution in [3.8, 4) is 0 Å². The third kappa shape index (κ3) is 7.05. The Morgan fingerprint density at radius 3 is 2.43 bits per heavy atom. The number of sulfonamides is 1. The predicted molar refractivity (Wildman–Crippen MR) is 140 cm³/mol. The molecule has 3 aromatic rings. The van der Waals surface area contributed by atoms with Crippen molar-refractivity contribution in [3.05, 3.63) is 84.6 Å². The van der Waals surface area contributed by atoms with Gasteiger partial charge in [-0.25, -0.2) is 13.4 Å². The van der Waals surface area contributed by atoms with Crippen LogP contribution in [0.2, 0.25) is 0 Å². The number of aromatic nitrogens is 1. The van der Waals surface area contributed by atoms with Gasteiger partial charge < -0.3 is 20.6 Å². The molecule has 0 radical (unpaired) electrons. The molecule has 0 aliphatic carbocycles. The van der Waals surface area contributed by atoms with Crippen LogP contribution in [0.5, 0.6) is 0 Å². The quantitative estimate of drug-likeness (QED) is 0.317. The molecule has 2 atom stereocenters. The minimum Gasteiger partial charge on any atom is -0.480 e. The van der Waals surface area contributed by atoms with Crippen LogP contribution in [-0.4, -0.2) is 62.1 Å². The van der Waals surface area contributed by atoms with E-state index in [0.29, 0.717) is 5.56 Å². The SMILES string of the molecule is O=C(NC[C@H](NS(=O)(=O)c1ccccc1)C(=O)O)c1ccc(N2CCC[C@H](Nc3ccccn3)C2)cc1. The summed E-state index contributed by atoms with van der Waals surface area (Å²) in [6, 6.07) is 19.0. The van der Waals surface area contributed by atoms with Gasteiger partial charge in [-0.15, -0.1) is 0 Å². The van der Waals surface area contributed by atoms with Crippen molar-refractivity contribution in [2.24, 2.45) is 0 Å². The van der Waals surface area contributed by atoms with Crippen molar-refractivity contribution < 1.29 is 23.1 Å². The van der Waals surface area contributed by atoms with Gasteiger partial charge in [-0.2, -0.15) is 4.72 Å². The van der Waals surface area contributed by atoms with Crippen LogP contribution in [-0.2, 0) is 14.8 Å². The molecule has 4 N–H and O–H groups in total. The Bertz CT molecular complexity index is 1300. The molecule has 0 unspecified atom stereocenters. The van der Waals surface area contributed by atoms with E-state index >= 15 is 0 Å². The first-order chi connectivity index (χ1) is 17.8. The number of benzene rings is 2. The molecule has 4 rings (SSSR count). The third-order valence-electron chi connectivity index (χ3n) is 6.05. The molecule has 1 amide bonds. The second-order valence-electron chi connectivity index (χ2n) is 8.73. The molecule has 1 aromatic heterocycles. The van der Waals surface area contributed by atoms with Crippen molar-refractivity contribution in [3.63, 3.8) is 0 Å². The number of carbonyl (C=O) groups is 2. The normalized spacial score (nSPS) is 16.5. The van der Waals surface area contributed by atoms with E-state index in [1.54, 1.807) is 24.4 Å². The highest BCUT2D eigenvalue weighted by atomic mass is 32.2. The lowest BCUT2D eigenvalue weighted by molar-refractivity contribution is -0.138. The fourth-order valence-electron chi connectivity index (χ4n) is 4.14. The second-order valence-corrected chi connectivity index (χ2v) is 10.4. The lowest BCUT2D eigenvalue weighted by atomic mass is 10.0. The summed E-state index contributed by atoms with van der Waals surface area (Å²) in [4.78, 5) is 30.8. The molecule has 194 valence electrons. The molecule has 1 aliphatic heterocycles. The largest absolute Gasteiger partial charge is 0.480 e. The number of carboxylic acid groups (broad SMARTS) is 1. The van der Waals surface area contributed by atoms with Gasteiger partial charge >= 0.3 is 5.97 Å². The second kappa shape index (κ2) is 11.8. The van der Waals surface area contributed by atoms with Crippen molar-refractivity contribution in [1.29, 1.82) is 0 Å². The van der Waals surface area contributed by atoms with Crippen LogP contribution in [0.1, 0.15) is 23.2 Å². The Balaban J connectivity index is 1.33. The number of amides is 1. The van der Waals surface area contributed by atoms with E-state index in [2.05, 4.69) is 25.2 Å². The van der Waals surface area contributed by atoms with Gasteiger partial charge in [-0.1, -0.05) is 24.3 Å². The Labute approximate surface area is 215 Å². The predicted octanol–water partition coefficient (Wildman–Crippen LogP) is 2.32. The van der Waals surface area contributed by atoms with E-state index in [9.17, 15) is 23.1 Å². The summed E-state index contributed by atoms with van der Waals surface area (Å²) in [5.41, 5.74) is 1.32. The lowest BCUT2D eigenvalue weighted by Crippen LogP contribution is -2.48. The Hall–Kier alpha value is -3.96. The van der Waals surface area contributed by atoms with Crippen molar-refractivity contribution in [2.45, 2.75) is 29.8 Å². The van der Waals surface area contributed by atoms with Crippen LogP contribution in [0, 0.1) is 0 Å². The molecule has 37 heavy (non-hydrogen) atoms. The molecule has 11 heteroatoms. The zero-order chi connectivity index (χ0) is 26.3. The maximum Gasteiger partial charge on any atom is 0.323 e. The number of rotatable bonds is 10. The summed E-state index contributed by atoms with van der Waals surface area (Å²) in [6.45, 7) is 1.28. The number of piperidine rings is 1. The van der Waals surface area contributed by atoms with Gasteiger partial charge in [0.1, 0.15) is 11.9 Å². The number of nitrogens with zero attached hydrogens (tertiary/aromatic N) is 2. The van der Waals surface area contributed by atoms with Crippen LogP contribution in [0.4, 0.5) is 11.5 Å². The monoisotopic (exact) mass is 523 g/mol. The third-order valence-corrected chi connectivity index (χ3v) is 7.54. The average Bonchev–Trinajstić information content (AvgIpc) is 2.92. The van der Waals surface area contributed by atoms with Crippen LogP contribution >= 0.6 is 0 Å². The molecule has 2 aromatic carbocycles. The maximum absolute atomic E-state index is 12.6. The summed E-state index contributed by atoms with van der Waals surface area (Å²) < 4.78 is 27.1. The van der Waals surface area contributed by atoms with Crippen molar-refractivity contribution >= 4 is 33.4 Å². The fourth-order valence-corrected chi connectivity index (χ4v) is 5.35. The topological polar surface area (TPSA) is 141 Å². The number of carboxylic acids is 1. The van der Waals surface area contributed by atoms with E-state index in [1.165, 1.54) is 24.3 Å². The standard InChI is InChI=1S/C26H29N5O5S/c32-25(28-17-23(26(33)34)30-37(35,36)22-8-2-1-3-9-22)19-11-13-21(14-12-19)31-16-6-7-20(18-31)29-24-10-4-5-15-27-24/h1-5,8-15,20,23,30H,6-7,16-18H2,(H,27,29)(H,28,32)(H,33,34)/t20-,23-/m0/s1. The number of carbonyl (C=O) groups excluding carboxylic acids is 1. The van der Waals surface area contributed by atoms with Gasteiger partial charge in [0.05, 0.1) is 4.90 Å². The highest BCUT2D eigenvalue weighted by Crippen LogP contribution is 2.22. The van der Waals surface area contributed by atoms with Gasteiger partial charge in [-0.05, 0) is 61.4 Å². The molecule has 1 aliphatic rings. The first-order valence-electron chi connectivity index (χ1n) is 11.9. The summed E-state index contributed by atoms with van der Waals surface area (Å²) in [6.07, 6.45) is 3.80. The van der Waals surface area contributed by atoms with E-state index in [1.807, 2.05) is 30.3 Å². The van der Waals surface area contributed by atoms with Crippen LogP contribution in [0.25, 0.3) is 0 Å². The minimum absolute atomic E-state index is 0.0571. The maximum atomic E-state index is 12.6. The summed E-state index contributed by atoms with van der Waals surface area (Å²) >= 11 is 0. The van der Waals surface area contributed by atoms with Crippen LogP contribution in [0.3, 0.4) is 0 Å². The van der Waals surface area contributed by atoms with Gasteiger partial charge in [0.25, 0.3) is 5.91 Å². The lowest BCUT2D eigenvalue weighted by Gasteiger charge is -2.35. The van der Waals surface area contributed by atoms with E-state index in [0.717, 1.165) is 37.4 Å². The molecular weight excluding hydrogens is 494 g/mol. The highest BCUT2D eigenvalue weighted by Gasteiger charge is 2.26.